The van der Waals surface area contributed by atoms with Crippen molar-refractivity contribution in [2.45, 2.75) is 56.5 Å². The van der Waals surface area contributed by atoms with Crippen molar-refractivity contribution in [1.29, 1.82) is 0 Å². The summed E-state index contributed by atoms with van der Waals surface area (Å²) < 4.78 is 59.0. The number of alkyl carbamates (subject to hydrolysis) is 1. The lowest BCUT2D eigenvalue weighted by atomic mass is 9.90. The van der Waals surface area contributed by atoms with Crippen molar-refractivity contribution in [1.82, 2.24) is 25.2 Å². The predicted molar refractivity (Wildman–Crippen MR) is 167 cm³/mol. The smallest absolute Gasteiger partial charge is 0.407 e. The maximum atomic E-state index is 16.8. The number of aromatic hydroxyl groups is 1. The summed E-state index contributed by atoms with van der Waals surface area (Å²) >= 11 is 0. The lowest BCUT2D eigenvalue weighted by Crippen LogP contribution is -2.60. The van der Waals surface area contributed by atoms with Gasteiger partial charge in [-0.05, 0) is 67.8 Å². The SMILES string of the molecule is CN1C[C@H](O)C[C@@H]1COc1nc2c3cnc(c(F)c3n1)-c1cc(O)cc3ccc(F)c(c13)CCCOC(=O)N[C@]1(C)C[C@@H](F)CN2C1. The van der Waals surface area contributed by atoms with E-state index in [1.807, 2.05) is 11.9 Å². The highest BCUT2D eigenvalue weighted by molar-refractivity contribution is 6.01. The second-order valence-electron chi connectivity index (χ2n) is 13.0. The van der Waals surface area contributed by atoms with Gasteiger partial charge < -0.3 is 29.9 Å². The van der Waals surface area contributed by atoms with E-state index in [2.05, 4.69) is 20.3 Å². The number of phenols is 1. The highest BCUT2D eigenvalue weighted by Gasteiger charge is 2.40. The number of nitrogens with one attached hydrogen (secondary N) is 1. The van der Waals surface area contributed by atoms with Crippen LogP contribution in [0.15, 0.2) is 30.5 Å². The summed E-state index contributed by atoms with van der Waals surface area (Å²) in [7, 11) is 1.86. The molecule has 6 bridgehead atoms. The number of hydrogen-bond donors (Lipinski definition) is 3. The molecule has 4 aliphatic rings. The van der Waals surface area contributed by atoms with Crippen LogP contribution in [0.1, 0.15) is 31.7 Å². The standard InChI is InChI=1S/C33H35F3N6O5/c1-33-11-18(34)13-42(16-33)30-24-12-37-28(27(36)29(24)38-31(39-30)47-15-19-9-21(44)14-41(19)2)23-10-20(43)8-17-5-6-25(35)22(26(17)23)4-3-7-46-32(45)40-33/h5-6,8,10,12,18-19,21,43-44H,3-4,7,9,11,13-16H2,1-2H3,(H,40,45)/t18-,19-,21-,33-/m1/s1. The number of piperidine rings is 1. The van der Waals surface area contributed by atoms with Gasteiger partial charge in [-0.3, -0.25) is 9.88 Å². The zero-order valence-corrected chi connectivity index (χ0v) is 26.0. The van der Waals surface area contributed by atoms with Gasteiger partial charge in [0.1, 0.15) is 41.4 Å². The first kappa shape index (κ1) is 31.2. The molecule has 3 N–H and O–H groups in total. The zero-order valence-electron chi connectivity index (χ0n) is 26.0. The number of fused-ring (bicyclic) bond motifs is 6. The van der Waals surface area contributed by atoms with E-state index in [0.717, 1.165) is 0 Å². The molecule has 11 nitrogen and oxygen atoms in total. The van der Waals surface area contributed by atoms with E-state index in [9.17, 15) is 15.0 Å². The number of aliphatic hydroxyl groups excluding tert-OH is 1. The number of nitrogens with zero attached hydrogens (tertiary/aromatic N) is 5. The second kappa shape index (κ2) is 12.0. The van der Waals surface area contributed by atoms with Crippen molar-refractivity contribution in [3.05, 3.63) is 47.7 Å². The highest BCUT2D eigenvalue weighted by atomic mass is 19.1. The average Bonchev–Trinajstić information content (AvgIpc) is 3.34. The van der Waals surface area contributed by atoms with E-state index in [0.29, 0.717) is 23.7 Å². The molecule has 2 saturated heterocycles. The van der Waals surface area contributed by atoms with E-state index in [4.69, 9.17) is 9.47 Å². The number of rotatable bonds is 3. The number of β-amino-alcohol motifs (C(OH)–C–C–N with tert-alkyl or cyclic N) is 1. The second-order valence-corrected chi connectivity index (χ2v) is 13.0. The lowest BCUT2D eigenvalue weighted by Gasteiger charge is -2.42. The fourth-order valence-corrected chi connectivity index (χ4v) is 7.15. The van der Waals surface area contributed by atoms with Gasteiger partial charge in [0.25, 0.3) is 0 Å². The number of phenolic OH excluding ortho intramolecular Hbond substituents is 1. The molecule has 2 aromatic heterocycles. The summed E-state index contributed by atoms with van der Waals surface area (Å²) in [6, 6.07) is 5.24. The maximum Gasteiger partial charge on any atom is 0.407 e. The van der Waals surface area contributed by atoms with Crippen LogP contribution in [0.4, 0.5) is 23.8 Å². The summed E-state index contributed by atoms with van der Waals surface area (Å²) in [5.74, 6) is -1.42. The average molecular weight is 653 g/mol. The molecule has 1 amide bonds. The van der Waals surface area contributed by atoms with Gasteiger partial charge in [-0.25, -0.2) is 18.0 Å². The third kappa shape index (κ3) is 5.95. The number of halogens is 3. The molecule has 248 valence electrons. The van der Waals surface area contributed by atoms with Gasteiger partial charge in [-0.2, -0.15) is 9.97 Å². The molecule has 2 fully saturated rings. The van der Waals surface area contributed by atoms with E-state index in [1.54, 1.807) is 11.8 Å². The third-order valence-electron chi connectivity index (χ3n) is 9.26. The van der Waals surface area contributed by atoms with Gasteiger partial charge in [0.05, 0.1) is 30.2 Å². The molecule has 4 aliphatic heterocycles. The first-order valence-electron chi connectivity index (χ1n) is 15.6. The number of amides is 1. The Morgan fingerprint density at radius 2 is 2.04 bits per heavy atom. The van der Waals surface area contributed by atoms with Crippen LogP contribution in [0, 0.1) is 11.6 Å². The van der Waals surface area contributed by atoms with E-state index < -0.39 is 35.5 Å². The third-order valence-corrected chi connectivity index (χ3v) is 9.26. The Morgan fingerprint density at radius 3 is 2.83 bits per heavy atom. The highest BCUT2D eigenvalue weighted by Crippen LogP contribution is 2.40. The first-order chi connectivity index (χ1) is 22.5. The molecule has 4 aromatic rings. The van der Waals surface area contributed by atoms with Crippen molar-refractivity contribution in [3.63, 3.8) is 0 Å². The number of likely N-dealkylation sites (tertiary alicyclic amines) is 1. The number of aliphatic hydroxyl groups is 1. The van der Waals surface area contributed by atoms with Crippen LogP contribution in [0.25, 0.3) is 32.9 Å². The molecule has 0 aliphatic carbocycles. The predicted octanol–water partition coefficient (Wildman–Crippen LogP) is 4.25. The molecule has 14 heteroatoms. The number of aromatic nitrogens is 3. The molecule has 6 heterocycles. The number of hydrogen-bond acceptors (Lipinski definition) is 10. The van der Waals surface area contributed by atoms with E-state index in [-0.39, 0.29) is 96.9 Å². The Balaban J connectivity index is 1.44. The van der Waals surface area contributed by atoms with Crippen LogP contribution < -0.4 is 15.0 Å². The molecule has 47 heavy (non-hydrogen) atoms. The minimum atomic E-state index is -1.38. The Morgan fingerprint density at radius 1 is 1.21 bits per heavy atom. The van der Waals surface area contributed by atoms with Crippen LogP contribution in [-0.4, -0.2) is 99.9 Å². The van der Waals surface area contributed by atoms with Crippen molar-refractivity contribution in [2.24, 2.45) is 0 Å². The van der Waals surface area contributed by atoms with Crippen molar-refractivity contribution in [3.8, 4) is 23.0 Å². The molecule has 0 spiro atoms. The van der Waals surface area contributed by atoms with E-state index >= 15 is 13.2 Å². The Bertz CT molecular complexity index is 1880. The van der Waals surface area contributed by atoms with Gasteiger partial charge in [0.2, 0.25) is 0 Å². The van der Waals surface area contributed by atoms with Crippen LogP contribution in [-0.2, 0) is 11.2 Å². The molecule has 0 radical (unpaired) electrons. The fraction of sp³-hybridized carbons (Fsp3) is 0.455. The van der Waals surface area contributed by atoms with E-state index in [1.165, 1.54) is 30.5 Å². The fourth-order valence-electron chi connectivity index (χ4n) is 7.15. The van der Waals surface area contributed by atoms with Crippen LogP contribution in [0.5, 0.6) is 11.8 Å². The summed E-state index contributed by atoms with van der Waals surface area (Å²) in [5, 5.41) is 24.5. The van der Waals surface area contributed by atoms with Crippen LogP contribution in [0.3, 0.4) is 0 Å². The molecule has 0 unspecified atom stereocenters. The molecule has 8 rings (SSSR count). The Kier molecular flexibility index (Phi) is 7.95. The molecule has 0 saturated carbocycles. The molecular formula is C33H35F3N6O5. The number of aryl methyl sites for hydroxylation is 1. The minimum Gasteiger partial charge on any atom is -0.508 e. The Labute approximate surface area is 268 Å². The molecule has 2 aromatic carbocycles. The van der Waals surface area contributed by atoms with Crippen molar-refractivity contribution >= 4 is 33.6 Å². The molecular weight excluding hydrogens is 617 g/mol. The number of likely N-dealkylation sites (N-methyl/N-ethyl adjacent to an activating group) is 1. The summed E-state index contributed by atoms with van der Waals surface area (Å²) in [6.45, 7) is 2.24. The lowest BCUT2D eigenvalue weighted by molar-refractivity contribution is 0.120. The minimum absolute atomic E-state index is 0.00405. The van der Waals surface area contributed by atoms with Crippen LogP contribution >= 0.6 is 0 Å². The van der Waals surface area contributed by atoms with Gasteiger partial charge in [-0.15, -0.1) is 0 Å². The number of pyridine rings is 1. The quantitative estimate of drug-likeness (QED) is 0.295. The monoisotopic (exact) mass is 652 g/mol. The number of benzene rings is 2. The largest absolute Gasteiger partial charge is 0.508 e. The number of anilines is 1. The van der Waals surface area contributed by atoms with Crippen molar-refractivity contribution in [2.75, 3.05) is 44.8 Å². The number of carbonyl (C=O) groups excluding carboxylic acids is 1. The number of ether oxygens (including phenoxy) is 2. The van der Waals surface area contributed by atoms with Gasteiger partial charge in [0, 0.05) is 37.3 Å². The number of alkyl halides is 1. The van der Waals surface area contributed by atoms with Crippen molar-refractivity contribution < 1.29 is 37.7 Å². The summed E-state index contributed by atoms with van der Waals surface area (Å²) in [6.07, 6.45) is -0.407. The van der Waals surface area contributed by atoms with Crippen LogP contribution in [0.2, 0.25) is 0 Å². The zero-order chi connectivity index (χ0) is 33.0. The normalized spacial score (nSPS) is 25.3. The summed E-state index contributed by atoms with van der Waals surface area (Å²) in [4.78, 5) is 29.9. The maximum absolute atomic E-state index is 16.8. The van der Waals surface area contributed by atoms with Gasteiger partial charge >= 0.3 is 12.1 Å². The first-order valence-corrected chi connectivity index (χ1v) is 15.6. The van der Waals surface area contributed by atoms with Gasteiger partial charge in [0.15, 0.2) is 5.82 Å². The molecule has 4 atom stereocenters. The van der Waals surface area contributed by atoms with Gasteiger partial charge in [-0.1, -0.05) is 6.07 Å². The summed E-state index contributed by atoms with van der Waals surface area (Å²) in [5.41, 5.74) is -1.03. The topological polar surface area (TPSA) is 133 Å². The Hall–Kier alpha value is -4.43. The number of carbonyl (C=O) groups is 1.